The maximum absolute atomic E-state index is 10.9. The van der Waals surface area contributed by atoms with E-state index < -0.39 is 26.5 Å². The monoisotopic (exact) mass is 258 g/mol. The Balaban J connectivity index is 2.87. The first kappa shape index (κ1) is 11.4. The first-order chi connectivity index (χ1) is 6.31. The normalized spacial score (nSPS) is 21.7. The Morgan fingerprint density at radius 1 is 1.64 bits per heavy atom. The lowest BCUT2D eigenvalue weighted by Crippen LogP contribution is -2.46. The van der Waals surface area contributed by atoms with Gasteiger partial charge in [0, 0.05) is 10.7 Å². The standard InChI is InChI=1S/C3H3ClN4O4S2/c4-14(11,12)6-1-2(9)5-7-8(1)3(10)13/h1,6H,(H,10,13). The fourth-order valence-electron chi connectivity index (χ4n) is 0.686. The van der Waals surface area contributed by atoms with Gasteiger partial charge in [0.15, 0.2) is 0 Å². The van der Waals surface area contributed by atoms with Crippen molar-refractivity contribution in [1.82, 2.24) is 9.73 Å². The van der Waals surface area contributed by atoms with Gasteiger partial charge in [0.05, 0.1) is 0 Å². The summed E-state index contributed by atoms with van der Waals surface area (Å²) in [6.07, 6.45) is -1.55. The third-order valence-corrected chi connectivity index (χ3v) is 2.14. The summed E-state index contributed by atoms with van der Waals surface area (Å²) in [7, 11) is 0.658. The van der Waals surface area contributed by atoms with Gasteiger partial charge in [0.25, 0.3) is 9.24 Å². The summed E-state index contributed by atoms with van der Waals surface area (Å²) in [6, 6.07) is 0. The highest BCUT2D eigenvalue weighted by molar-refractivity contribution is 8.12. The fourth-order valence-corrected chi connectivity index (χ4v) is 1.56. The first-order valence-electron chi connectivity index (χ1n) is 3.01. The van der Waals surface area contributed by atoms with Gasteiger partial charge in [-0.1, -0.05) is 23.0 Å². The third kappa shape index (κ3) is 2.64. The molecule has 78 valence electrons. The van der Waals surface area contributed by atoms with Crippen molar-refractivity contribution < 1.29 is 18.0 Å². The Bertz CT molecular complexity index is 405. The number of nitrogens with zero attached hydrogens (tertiary/aromatic N) is 3. The van der Waals surface area contributed by atoms with Gasteiger partial charge in [-0.2, -0.15) is 18.1 Å². The molecule has 0 spiro atoms. The predicted molar refractivity (Wildman–Crippen MR) is 47.8 cm³/mol. The van der Waals surface area contributed by atoms with Crippen LogP contribution in [0.5, 0.6) is 0 Å². The average molecular weight is 259 g/mol. The molecule has 0 aromatic heterocycles. The number of hydrogen-bond acceptors (Lipinski definition) is 5. The zero-order valence-corrected chi connectivity index (χ0v) is 8.75. The van der Waals surface area contributed by atoms with Crippen molar-refractivity contribution in [2.24, 2.45) is 10.3 Å². The second kappa shape index (κ2) is 3.81. The highest BCUT2D eigenvalue weighted by Crippen LogP contribution is 2.13. The zero-order chi connectivity index (χ0) is 10.9. The molecule has 0 saturated heterocycles. The Kier molecular flexibility index (Phi) is 3.09. The summed E-state index contributed by atoms with van der Waals surface area (Å²) < 4.78 is 22.8. The molecule has 14 heavy (non-hydrogen) atoms. The molecule has 0 radical (unpaired) electrons. The van der Waals surface area contributed by atoms with E-state index in [0.29, 0.717) is 5.01 Å². The van der Waals surface area contributed by atoms with E-state index in [9.17, 15) is 18.0 Å². The molecule has 1 heterocycles. The Morgan fingerprint density at radius 3 is 2.64 bits per heavy atom. The van der Waals surface area contributed by atoms with Crippen LogP contribution in [0.4, 0.5) is 4.79 Å². The van der Waals surface area contributed by atoms with Crippen molar-refractivity contribution in [1.29, 1.82) is 0 Å². The van der Waals surface area contributed by atoms with Gasteiger partial charge < -0.3 is 0 Å². The molecule has 0 aromatic rings. The number of halogens is 1. The van der Waals surface area contributed by atoms with Gasteiger partial charge in [-0.3, -0.25) is 9.59 Å². The Hall–Kier alpha value is -0.710. The van der Waals surface area contributed by atoms with E-state index in [-0.39, 0.29) is 0 Å². The van der Waals surface area contributed by atoms with Crippen LogP contribution in [0.15, 0.2) is 10.3 Å². The van der Waals surface area contributed by atoms with Gasteiger partial charge in [-0.05, 0) is 0 Å². The quantitative estimate of drug-likeness (QED) is 0.521. The largest absolute Gasteiger partial charge is 0.306 e. The van der Waals surface area contributed by atoms with Gasteiger partial charge in [0.2, 0.25) is 6.17 Å². The van der Waals surface area contributed by atoms with Gasteiger partial charge in [-0.25, -0.2) is 0 Å². The van der Waals surface area contributed by atoms with Crippen LogP contribution in [-0.2, 0) is 14.0 Å². The first-order valence-corrected chi connectivity index (χ1v) is 5.76. The molecular weight excluding hydrogens is 256 g/mol. The number of nitrogens with one attached hydrogen (secondary N) is 1. The minimum atomic E-state index is -4.15. The van der Waals surface area contributed by atoms with Gasteiger partial charge in [0.1, 0.15) is 0 Å². The van der Waals surface area contributed by atoms with Crippen molar-refractivity contribution >= 4 is 43.7 Å². The zero-order valence-electron chi connectivity index (χ0n) is 6.29. The summed E-state index contributed by atoms with van der Waals surface area (Å²) >= 11 is 3.35. The highest BCUT2D eigenvalue weighted by Gasteiger charge is 2.36. The third-order valence-electron chi connectivity index (χ3n) is 1.17. The molecule has 0 bridgehead atoms. The topological polar surface area (TPSA) is 108 Å². The molecule has 1 rings (SSSR count). The van der Waals surface area contributed by atoms with Gasteiger partial charge in [-0.15, -0.1) is 0 Å². The fraction of sp³-hybridized carbons (Fsp3) is 0.333. The van der Waals surface area contributed by atoms with Crippen molar-refractivity contribution in [3.63, 3.8) is 0 Å². The molecule has 11 heteroatoms. The number of carbonyl (C=O) groups is 2. The lowest BCUT2D eigenvalue weighted by Gasteiger charge is -2.14. The summed E-state index contributed by atoms with van der Waals surface area (Å²) in [5.41, 5.74) is 0. The number of hydrogen-bond donors (Lipinski definition) is 2. The van der Waals surface area contributed by atoms with Crippen molar-refractivity contribution in [2.45, 2.75) is 6.17 Å². The van der Waals surface area contributed by atoms with E-state index in [0.717, 1.165) is 0 Å². The molecule has 1 unspecified atom stereocenters. The number of carbonyl (C=O) groups excluding carboxylic acids is 2. The summed E-state index contributed by atoms with van der Waals surface area (Å²) in [5.74, 6) is -0.948. The van der Waals surface area contributed by atoms with Crippen molar-refractivity contribution in [3.05, 3.63) is 0 Å². The molecule has 1 aliphatic heterocycles. The van der Waals surface area contributed by atoms with Crippen LogP contribution in [0.1, 0.15) is 0 Å². The van der Waals surface area contributed by atoms with Crippen LogP contribution in [0, 0.1) is 0 Å². The molecule has 2 amide bonds. The second-order valence-electron chi connectivity index (χ2n) is 2.11. The van der Waals surface area contributed by atoms with Crippen LogP contribution >= 0.6 is 23.3 Å². The molecule has 1 N–H and O–H groups in total. The average Bonchev–Trinajstić information content (AvgIpc) is 2.29. The van der Waals surface area contributed by atoms with Crippen molar-refractivity contribution in [2.75, 3.05) is 0 Å². The lowest BCUT2D eigenvalue weighted by molar-refractivity contribution is -0.120. The maximum Gasteiger partial charge on any atom is 0.306 e. The van der Waals surface area contributed by atoms with Crippen LogP contribution in [0.25, 0.3) is 0 Å². The van der Waals surface area contributed by atoms with Crippen LogP contribution < -0.4 is 4.72 Å². The smallest absolute Gasteiger partial charge is 0.267 e. The van der Waals surface area contributed by atoms with E-state index in [2.05, 4.69) is 23.0 Å². The van der Waals surface area contributed by atoms with E-state index in [1.165, 1.54) is 0 Å². The van der Waals surface area contributed by atoms with Crippen LogP contribution in [-0.4, -0.2) is 30.7 Å². The van der Waals surface area contributed by atoms with Gasteiger partial charge >= 0.3 is 11.1 Å². The van der Waals surface area contributed by atoms with Crippen molar-refractivity contribution in [3.8, 4) is 0 Å². The molecule has 0 saturated carbocycles. The van der Waals surface area contributed by atoms with Crippen LogP contribution in [0.2, 0.25) is 0 Å². The molecule has 1 aliphatic rings. The second-order valence-corrected chi connectivity index (χ2v) is 4.83. The number of amides is 2. The summed E-state index contributed by atoms with van der Waals surface area (Å²) in [6.45, 7) is 0. The SMILES string of the molecule is O=C1N=NN(C(=O)S)C1NS(=O)(=O)Cl. The van der Waals surface area contributed by atoms with E-state index in [1.807, 2.05) is 0 Å². The van der Waals surface area contributed by atoms with E-state index >= 15 is 0 Å². The molecule has 0 aromatic carbocycles. The molecular formula is C3H3ClN4O4S2. The molecule has 1 atom stereocenters. The number of thiol groups is 1. The number of rotatable bonds is 2. The molecule has 8 nitrogen and oxygen atoms in total. The maximum atomic E-state index is 10.9. The molecule has 0 aliphatic carbocycles. The van der Waals surface area contributed by atoms with Crippen LogP contribution in [0.3, 0.4) is 0 Å². The lowest BCUT2D eigenvalue weighted by atomic mass is 10.5. The minimum Gasteiger partial charge on any atom is -0.267 e. The summed E-state index contributed by atoms with van der Waals surface area (Å²) in [4.78, 5) is 21.6. The summed E-state index contributed by atoms with van der Waals surface area (Å²) in [5, 5.41) is 5.56. The van der Waals surface area contributed by atoms with E-state index in [4.69, 9.17) is 10.7 Å². The Morgan fingerprint density at radius 2 is 2.21 bits per heavy atom. The van der Waals surface area contributed by atoms with E-state index in [1.54, 1.807) is 4.72 Å². The molecule has 0 fully saturated rings. The highest BCUT2D eigenvalue weighted by atomic mass is 35.7. The predicted octanol–water partition coefficient (Wildman–Crippen LogP) is -0.355. The minimum absolute atomic E-state index is 0.450. The Labute approximate surface area is 88.2 Å².